The van der Waals surface area contributed by atoms with E-state index in [0.29, 0.717) is 5.69 Å². The van der Waals surface area contributed by atoms with Gasteiger partial charge in [0, 0.05) is 0 Å². The van der Waals surface area contributed by atoms with Crippen LogP contribution in [0.15, 0.2) is 60.7 Å². The summed E-state index contributed by atoms with van der Waals surface area (Å²) in [7, 11) is -4.92. The molecule has 0 unspecified atom stereocenters. The predicted molar refractivity (Wildman–Crippen MR) is 87.8 cm³/mol. The molecule has 2 N–H and O–H groups in total. The zero-order valence-electron chi connectivity index (χ0n) is 13.0. The van der Waals surface area contributed by atoms with Gasteiger partial charge in [-0.3, -0.25) is 14.6 Å². The van der Waals surface area contributed by atoms with Gasteiger partial charge in [-0.05, 0) is 24.6 Å². The van der Waals surface area contributed by atoms with E-state index in [1.165, 1.54) is 12.0 Å². The predicted octanol–water partition coefficient (Wildman–Crippen LogP) is 2.65. The lowest BCUT2D eigenvalue weighted by Gasteiger charge is -2.28. The van der Waals surface area contributed by atoms with Gasteiger partial charge in [-0.2, -0.15) is 0 Å². The lowest BCUT2D eigenvalue weighted by molar-refractivity contribution is -0.139. The SMILES string of the molecule is C[C@@H](C(=O)OP(=O)(O)O)N(OCc1ccccc1)c1ccccc1. The maximum Gasteiger partial charge on any atom is 0.527 e. The monoisotopic (exact) mass is 351 g/mol. The molecule has 0 aliphatic rings. The Morgan fingerprint density at radius 2 is 1.62 bits per heavy atom. The van der Waals surface area contributed by atoms with Crippen molar-refractivity contribution >= 4 is 19.5 Å². The lowest BCUT2D eigenvalue weighted by atomic mass is 10.2. The standard InChI is InChI=1S/C16H18NO6P/c1-13(16(18)23-24(19,20)21)17(15-10-6-3-7-11-15)22-12-14-8-4-2-5-9-14/h2-11,13H,12H2,1H3,(H2,19,20,21)/t13-/m0/s1. The summed E-state index contributed by atoms with van der Waals surface area (Å²) in [5.41, 5.74) is 1.44. The van der Waals surface area contributed by atoms with Crippen LogP contribution in [-0.4, -0.2) is 21.8 Å². The number of hydrogen-bond acceptors (Lipinski definition) is 5. The van der Waals surface area contributed by atoms with Crippen LogP contribution in [-0.2, 0) is 25.3 Å². The molecule has 0 aromatic heterocycles. The van der Waals surface area contributed by atoms with Crippen molar-refractivity contribution in [2.45, 2.75) is 19.6 Å². The van der Waals surface area contributed by atoms with E-state index in [1.807, 2.05) is 30.3 Å². The first-order valence-electron chi connectivity index (χ1n) is 7.17. The molecule has 0 spiro atoms. The second kappa shape index (κ2) is 8.08. The van der Waals surface area contributed by atoms with E-state index in [4.69, 9.17) is 14.6 Å². The number of rotatable bonds is 7. The van der Waals surface area contributed by atoms with E-state index in [0.717, 1.165) is 5.56 Å². The van der Waals surface area contributed by atoms with Crippen LogP contribution in [0.2, 0.25) is 0 Å². The summed E-state index contributed by atoms with van der Waals surface area (Å²) in [6, 6.07) is 17.0. The molecule has 128 valence electrons. The topological polar surface area (TPSA) is 96.3 Å². The van der Waals surface area contributed by atoms with Gasteiger partial charge < -0.3 is 4.52 Å². The van der Waals surface area contributed by atoms with Crippen LogP contribution in [0.1, 0.15) is 12.5 Å². The van der Waals surface area contributed by atoms with Crippen molar-refractivity contribution in [2.75, 3.05) is 5.06 Å². The third kappa shape index (κ3) is 5.47. The van der Waals surface area contributed by atoms with Crippen LogP contribution in [0.4, 0.5) is 5.69 Å². The van der Waals surface area contributed by atoms with Gasteiger partial charge in [-0.25, -0.2) is 14.4 Å². The quantitative estimate of drug-likeness (QED) is 0.585. The first kappa shape index (κ1) is 18.2. The summed E-state index contributed by atoms with van der Waals surface area (Å²) in [6.07, 6.45) is 0. The van der Waals surface area contributed by atoms with E-state index in [9.17, 15) is 9.36 Å². The van der Waals surface area contributed by atoms with Crippen molar-refractivity contribution < 1.29 is 28.5 Å². The number of benzene rings is 2. The van der Waals surface area contributed by atoms with Crippen molar-refractivity contribution in [1.29, 1.82) is 0 Å². The fourth-order valence-electron chi connectivity index (χ4n) is 1.99. The maximum absolute atomic E-state index is 11.9. The summed E-state index contributed by atoms with van der Waals surface area (Å²) in [6.45, 7) is 1.62. The minimum absolute atomic E-state index is 0.184. The van der Waals surface area contributed by atoms with Crippen LogP contribution in [0.5, 0.6) is 0 Å². The lowest BCUT2D eigenvalue weighted by Crippen LogP contribution is -2.39. The molecule has 2 aromatic rings. The molecule has 0 amide bonds. The van der Waals surface area contributed by atoms with Crippen molar-refractivity contribution in [1.82, 2.24) is 0 Å². The zero-order valence-corrected chi connectivity index (χ0v) is 13.9. The molecular weight excluding hydrogens is 333 g/mol. The van der Waals surface area contributed by atoms with E-state index in [-0.39, 0.29) is 6.61 Å². The Balaban J connectivity index is 2.16. The van der Waals surface area contributed by atoms with Gasteiger partial charge in [0.15, 0.2) is 6.04 Å². The van der Waals surface area contributed by atoms with Gasteiger partial charge in [-0.1, -0.05) is 48.5 Å². The molecule has 0 bridgehead atoms. The number of carbonyl (C=O) groups excluding carboxylic acids is 1. The number of nitrogens with zero attached hydrogens (tertiary/aromatic N) is 1. The Kier molecular flexibility index (Phi) is 6.11. The van der Waals surface area contributed by atoms with Gasteiger partial charge in [0.25, 0.3) is 0 Å². The normalized spacial score (nSPS) is 12.5. The highest BCUT2D eigenvalue weighted by Gasteiger charge is 2.30. The van der Waals surface area contributed by atoms with Crippen LogP contribution in [0.3, 0.4) is 0 Å². The number of carbonyl (C=O) groups is 1. The number of phosphoric acid groups is 1. The zero-order chi connectivity index (χ0) is 17.6. The average molecular weight is 351 g/mol. The number of hydroxylamine groups is 1. The van der Waals surface area contributed by atoms with Crippen LogP contribution < -0.4 is 5.06 Å². The third-order valence-corrected chi connectivity index (χ3v) is 3.54. The fourth-order valence-corrected chi connectivity index (χ4v) is 2.38. The van der Waals surface area contributed by atoms with Crippen molar-refractivity contribution in [3.63, 3.8) is 0 Å². The fraction of sp³-hybridized carbons (Fsp3) is 0.188. The van der Waals surface area contributed by atoms with E-state index >= 15 is 0 Å². The van der Waals surface area contributed by atoms with Gasteiger partial charge in [0.1, 0.15) is 0 Å². The Morgan fingerprint density at radius 3 is 2.17 bits per heavy atom. The maximum atomic E-state index is 11.9. The second-order valence-corrected chi connectivity index (χ2v) is 6.16. The van der Waals surface area contributed by atoms with Crippen molar-refractivity contribution in [2.24, 2.45) is 0 Å². The Bertz CT molecular complexity index is 703. The summed E-state index contributed by atoms with van der Waals surface area (Å²) in [5.74, 6) is -1.08. The van der Waals surface area contributed by atoms with Crippen LogP contribution in [0.25, 0.3) is 0 Å². The minimum Gasteiger partial charge on any atom is -0.369 e. The molecule has 0 heterocycles. The number of phosphoric ester groups is 1. The van der Waals surface area contributed by atoms with Crippen LogP contribution >= 0.6 is 7.82 Å². The summed E-state index contributed by atoms with van der Waals surface area (Å²) >= 11 is 0. The molecule has 2 aromatic carbocycles. The van der Waals surface area contributed by atoms with Gasteiger partial charge in [0.2, 0.25) is 0 Å². The number of anilines is 1. The molecule has 0 aliphatic carbocycles. The van der Waals surface area contributed by atoms with E-state index in [2.05, 4.69) is 4.52 Å². The molecule has 1 atom stereocenters. The molecule has 8 heteroatoms. The van der Waals surface area contributed by atoms with E-state index < -0.39 is 19.8 Å². The average Bonchev–Trinajstić information content (AvgIpc) is 2.55. The minimum atomic E-state index is -4.92. The summed E-state index contributed by atoms with van der Waals surface area (Å²) in [5, 5.41) is 1.27. The molecular formula is C16H18NO6P. The Labute approximate surface area is 139 Å². The van der Waals surface area contributed by atoms with Gasteiger partial charge in [0.05, 0.1) is 12.3 Å². The molecule has 0 aliphatic heterocycles. The molecule has 0 saturated heterocycles. The highest BCUT2D eigenvalue weighted by molar-refractivity contribution is 7.46. The molecule has 0 fully saturated rings. The third-order valence-electron chi connectivity index (χ3n) is 3.13. The molecule has 24 heavy (non-hydrogen) atoms. The molecule has 2 rings (SSSR count). The van der Waals surface area contributed by atoms with Gasteiger partial charge >= 0.3 is 13.8 Å². The Morgan fingerprint density at radius 1 is 1.08 bits per heavy atom. The second-order valence-electron chi connectivity index (χ2n) is 5.00. The van der Waals surface area contributed by atoms with Crippen molar-refractivity contribution in [3.8, 4) is 0 Å². The number of para-hydroxylation sites is 1. The smallest absolute Gasteiger partial charge is 0.369 e. The van der Waals surface area contributed by atoms with Crippen LogP contribution in [0, 0.1) is 0 Å². The summed E-state index contributed by atoms with van der Waals surface area (Å²) in [4.78, 5) is 35.3. The Hall–Kier alpha value is -2.18. The largest absolute Gasteiger partial charge is 0.527 e. The highest BCUT2D eigenvalue weighted by Crippen LogP contribution is 2.37. The number of hydrogen-bond donors (Lipinski definition) is 2. The molecule has 0 radical (unpaired) electrons. The highest BCUT2D eigenvalue weighted by atomic mass is 31.2. The first-order chi connectivity index (χ1) is 11.4. The van der Waals surface area contributed by atoms with E-state index in [1.54, 1.807) is 30.3 Å². The molecule has 0 saturated carbocycles. The first-order valence-corrected chi connectivity index (χ1v) is 8.70. The summed E-state index contributed by atoms with van der Waals surface area (Å²) < 4.78 is 15.0. The van der Waals surface area contributed by atoms with Gasteiger partial charge in [-0.15, -0.1) is 0 Å². The van der Waals surface area contributed by atoms with Crippen molar-refractivity contribution in [3.05, 3.63) is 66.2 Å². The molecule has 7 nitrogen and oxygen atoms in total.